The second kappa shape index (κ2) is 6.69. The van der Waals surface area contributed by atoms with E-state index in [1.165, 1.54) is 6.42 Å². The molecule has 2 atom stereocenters. The lowest BCUT2D eigenvalue weighted by Gasteiger charge is -2.39. The Kier molecular flexibility index (Phi) is 5.30. The number of piperidine rings is 1. The van der Waals surface area contributed by atoms with Gasteiger partial charge in [-0.1, -0.05) is 32.0 Å². The number of nitrogens with one attached hydrogen (secondary N) is 1. The Balaban J connectivity index is 2.04. The third-order valence-electron chi connectivity index (χ3n) is 4.03. The van der Waals surface area contributed by atoms with Gasteiger partial charge in [-0.3, -0.25) is 0 Å². The van der Waals surface area contributed by atoms with Crippen molar-refractivity contribution < 1.29 is 8.42 Å². The van der Waals surface area contributed by atoms with E-state index in [0.29, 0.717) is 16.7 Å². The third-order valence-corrected chi connectivity index (χ3v) is 5.74. The Morgan fingerprint density at radius 2 is 1.68 bits per heavy atom. The molecular formula is C17H28N2O2S. The molecule has 0 aromatic heterocycles. The first-order chi connectivity index (χ1) is 10.2. The largest absolute Gasteiger partial charge is 0.301 e. The monoisotopic (exact) mass is 324 g/mol. The molecule has 1 aromatic rings. The Morgan fingerprint density at radius 3 is 2.23 bits per heavy atom. The maximum atomic E-state index is 12.5. The summed E-state index contributed by atoms with van der Waals surface area (Å²) in [5.74, 6) is 1.34. The summed E-state index contributed by atoms with van der Waals surface area (Å²) in [6, 6.07) is 8.57. The fourth-order valence-electron chi connectivity index (χ4n) is 3.53. The topological polar surface area (TPSA) is 49.4 Å². The van der Waals surface area contributed by atoms with Crippen LogP contribution in [0.25, 0.3) is 0 Å². The van der Waals surface area contributed by atoms with Crippen molar-refractivity contribution in [3.05, 3.63) is 30.3 Å². The average molecular weight is 324 g/mol. The Labute approximate surface area is 135 Å². The van der Waals surface area contributed by atoms with Gasteiger partial charge in [0, 0.05) is 25.2 Å². The highest BCUT2D eigenvalue weighted by Gasteiger charge is 2.31. The number of nitrogens with zero attached hydrogens (tertiary/aromatic N) is 1. The smallest absolute Gasteiger partial charge is 0.241 e. The molecule has 1 N–H and O–H groups in total. The van der Waals surface area contributed by atoms with Crippen LogP contribution in [-0.2, 0) is 10.0 Å². The molecule has 2 rings (SSSR count). The van der Waals surface area contributed by atoms with Gasteiger partial charge in [0.15, 0.2) is 0 Å². The summed E-state index contributed by atoms with van der Waals surface area (Å²) in [4.78, 5) is 2.70. The highest BCUT2D eigenvalue weighted by Crippen LogP contribution is 2.23. The molecule has 124 valence electrons. The van der Waals surface area contributed by atoms with Gasteiger partial charge < -0.3 is 4.90 Å². The first-order valence-electron chi connectivity index (χ1n) is 7.99. The lowest BCUT2D eigenvalue weighted by atomic mass is 9.91. The first-order valence-corrected chi connectivity index (χ1v) is 9.48. The average Bonchev–Trinajstić information content (AvgIpc) is 2.36. The van der Waals surface area contributed by atoms with Crippen LogP contribution in [0, 0.1) is 11.8 Å². The van der Waals surface area contributed by atoms with Crippen LogP contribution in [0.5, 0.6) is 0 Å². The molecule has 0 radical (unpaired) electrons. The fourth-order valence-corrected chi connectivity index (χ4v) is 4.96. The molecule has 4 nitrogen and oxygen atoms in total. The lowest BCUT2D eigenvalue weighted by Crippen LogP contribution is -2.53. The van der Waals surface area contributed by atoms with E-state index < -0.39 is 15.6 Å². The molecule has 22 heavy (non-hydrogen) atoms. The number of hydrogen-bond acceptors (Lipinski definition) is 3. The normalized spacial score (nSPS) is 24.4. The van der Waals surface area contributed by atoms with Crippen molar-refractivity contribution in [1.29, 1.82) is 0 Å². The molecule has 1 fully saturated rings. The first kappa shape index (κ1) is 17.4. The molecule has 5 heteroatoms. The van der Waals surface area contributed by atoms with E-state index in [4.69, 9.17) is 0 Å². The molecule has 1 aliphatic heterocycles. The Bertz CT molecular complexity index is 574. The third kappa shape index (κ3) is 4.80. The molecule has 0 amide bonds. The van der Waals surface area contributed by atoms with E-state index >= 15 is 0 Å². The summed E-state index contributed by atoms with van der Waals surface area (Å²) in [5.41, 5.74) is -0.495. The molecule has 0 spiro atoms. The van der Waals surface area contributed by atoms with Crippen LogP contribution in [0.1, 0.15) is 34.1 Å². The standard InChI is InChI=1S/C17H28N2O2S/c1-14-10-15(2)12-19(11-14)13-17(3,4)18-22(20,21)16-8-6-5-7-9-16/h5-9,14-15,18H,10-13H2,1-4H3/t14-,15+. The minimum absolute atomic E-state index is 0.323. The van der Waals surface area contributed by atoms with Crippen molar-refractivity contribution in [1.82, 2.24) is 9.62 Å². The fraction of sp³-hybridized carbons (Fsp3) is 0.647. The van der Waals surface area contributed by atoms with Crippen LogP contribution in [-0.4, -0.2) is 38.5 Å². The zero-order valence-corrected chi connectivity index (χ0v) is 14.9. The molecule has 1 aromatic carbocycles. The summed E-state index contributed by atoms with van der Waals surface area (Å²) >= 11 is 0. The molecule has 1 aliphatic rings. The van der Waals surface area contributed by atoms with E-state index in [0.717, 1.165) is 19.6 Å². The highest BCUT2D eigenvalue weighted by molar-refractivity contribution is 7.89. The van der Waals surface area contributed by atoms with Crippen LogP contribution in [0.3, 0.4) is 0 Å². The van der Waals surface area contributed by atoms with E-state index in [-0.39, 0.29) is 0 Å². The number of sulfonamides is 1. The van der Waals surface area contributed by atoms with Crippen molar-refractivity contribution in [2.45, 2.75) is 44.6 Å². The number of likely N-dealkylation sites (tertiary alicyclic amines) is 1. The van der Waals surface area contributed by atoms with Crippen molar-refractivity contribution in [2.24, 2.45) is 11.8 Å². The zero-order valence-electron chi connectivity index (χ0n) is 14.0. The molecule has 0 unspecified atom stereocenters. The molecule has 1 saturated heterocycles. The minimum Gasteiger partial charge on any atom is -0.301 e. The van der Waals surface area contributed by atoms with Gasteiger partial charge in [-0.15, -0.1) is 0 Å². The van der Waals surface area contributed by atoms with E-state index in [1.807, 2.05) is 19.9 Å². The molecule has 0 bridgehead atoms. The molecule has 1 heterocycles. The maximum absolute atomic E-state index is 12.5. The van der Waals surface area contributed by atoms with E-state index in [9.17, 15) is 8.42 Å². The number of hydrogen-bond donors (Lipinski definition) is 1. The molecule has 0 aliphatic carbocycles. The van der Waals surface area contributed by atoms with E-state index in [1.54, 1.807) is 24.3 Å². The van der Waals surface area contributed by atoms with Crippen LogP contribution < -0.4 is 4.72 Å². The van der Waals surface area contributed by atoms with E-state index in [2.05, 4.69) is 23.5 Å². The predicted octanol–water partition coefficient (Wildman–Crippen LogP) is 2.72. The van der Waals surface area contributed by atoms with Gasteiger partial charge in [-0.2, -0.15) is 0 Å². The predicted molar refractivity (Wildman–Crippen MR) is 90.2 cm³/mol. The number of benzene rings is 1. The zero-order chi connectivity index (χ0) is 16.4. The van der Waals surface area contributed by atoms with Gasteiger partial charge in [0.25, 0.3) is 0 Å². The quantitative estimate of drug-likeness (QED) is 0.906. The van der Waals surface area contributed by atoms with Crippen molar-refractivity contribution in [3.8, 4) is 0 Å². The Hall–Kier alpha value is -0.910. The van der Waals surface area contributed by atoms with Gasteiger partial charge >= 0.3 is 0 Å². The van der Waals surface area contributed by atoms with Gasteiger partial charge in [0.2, 0.25) is 10.0 Å². The number of rotatable bonds is 5. The van der Waals surface area contributed by atoms with Gasteiger partial charge in [-0.25, -0.2) is 13.1 Å². The summed E-state index contributed by atoms with van der Waals surface area (Å²) in [6.07, 6.45) is 1.26. The second-order valence-electron chi connectivity index (χ2n) is 7.44. The summed E-state index contributed by atoms with van der Waals surface area (Å²) < 4.78 is 27.8. The molecule has 0 saturated carbocycles. The van der Waals surface area contributed by atoms with Crippen LogP contribution in [0.15, 0.2) is 35.2 Å². The summed E-state index contributed by atoms with van der Waals surface area (Å²) in [6.45, 7) is 11.3. The minimum atomic E-state index is -3.47. The van der Waals surface area contributed by atoms with Crippen LogP contribution in [0.2, 0.25) is 0 Å². The lowest BCUT2D eigenvalue weighted by molar-refractivity contribution is 0.116. The summed E-state index contributed by atoms with van der Waals surface area (Å²) in [5, 5.41) is 0. The van der Waals surface area contributed by atoms with Crippen molar-refractivity contribution >= 4 is 10.0 Å². The summed E-state index contributed by atoms with van der Waals surface area (Å²) in [7, 11) is -3.47. The SMILES string of the molecule is C[C@@H]1C[C@H](C)CN(CC(C)(C)NS(=O)(=O)c2ccccc2)C1. The van der Waals surface area contributed by atoms with Crippen LogP contribution >= 0.6 is 0 Å². The maximum Gasteiger partial charge on any atom is 0.241 e. The van der Waals surface area contributed by atoms with Crippen molar-refractivity contribution in [2.75, 3.05) is 19.6 Å². The van der Waals surface area contributed by atoms with Crippen molar-refractivity contribution in [3.63, 3.8) is 0 Å². The highest BCUT2D eigenvalue weighted by atomic mass is 32.2. The van der Waals surface area contributed by atoms with Gasteiger partial charge in [0.05, 0.1) is 4.90 Å². The van der Waals surface area contributed by atoms with Gasteiger partial charge in [-0.05, 0) is 44.2 Å². The Morgan fingerprint density at radius 1 is 1.14 bits per heavy atom. The van der Waals surface area contributed by atoms with Gasteiger partial charge in [0.1, 0.15) is 0 Å². The van der Waals surface area contributed by atoms with Crippen LogP contribution in [0.4, 0.5) is 0 Å². The molecular weight excluding hydrogens is 296 g/mol. The second-order valence-corrected chi connectivity index (χ2v) is 9.12.